The van der Waals surface area contributed by atoms with Gasteiger partial charge in [-0.15, -0.1) is 0 Å². The molecule has 1 aliphatic heterocycles. The van der Waals surface area contributed by atoms with Crippen LogP contribution in [0.2, 0.25) is 0 Å². The van der Waals surface area contributed by atoms with Gasteiger partial charge in [-0.25, -0.2) is 0 Å². The van der Waals surface area contributed by atoms with E-state index in [0.717, 1.165) is 30.7 Å². The van der Waals surface area contributed by atoms with Crippen molar-refractivity contribution in [1.29, 1.82) is 0 Å². The second-order valence-corrected chi connectivity index (χ2v) is 6.92. The first-order valence-electron chi connectivity index (χ1n) is 8.32. The summed E-state index contributed by atoms with van der Waals surface area (Å²) in [7, 11) is 4.45. The first-order valence-corrected chi connectivity index (χ1v) is 8.32. The van der Waals surface area contributed by atoms with Crippen molar-refractivity contribution in [1.82, 2.24) is 15.1 Å². The number of likely N-dealkylation sites (tertiary alicyclic amines) is 1. The summed E-state index contributed by atoms with van der Waals surface area (Å²) in [6.07, 6.45) is 5.18. The predicted octanol–water partition coefficient (Wildman–Crippen LogP) is 2.37. The van der Waals surface area contributed by atoms with E-state index in [4.69, 9.17) is 4.42 Å². The van der Waals surface area contributed by atoms with Crippen LogP contribution in [0, 0.1) is 6.92 Å². The third kappa shape index (κ3) is 4.09. The molecule has 0 unspecified atom stereocenters. The number of piperidine rings is 1. The van der Waals surface area contributed by atoms with Gasteiger partial charge in [0.1, 0.15) is 11.5 Å². The van der Waals surface area contributed by atoms with Crippen molar-refractivity contribution in [2.45, 2.75) is 57.8 Å². The Bertz CT molecular complexity index is 459. The van der Waals surface area contributed by atoms with Crippen molar-refractivity contribution in [2.24, 2.45) is 0 Å². The molecule has 1 aromatic rings. The number of hydrogen-bond donors (Lipinski definition) is 1. The number of aryl methyl sites for hydroxylation is 1. The molecule has 21 heavy (non-hydrogen) atoms. The quantitative estimate of drug-likeness (QED) is 0.872. The minimum absolute atomic E-state index is 0.694. The Balaban J connectivity index is 1.52. The molecule has 1 N–H and O–H groups in total. The normalized spacial score (nSPS) is 21.3. The monoisotopic (exact) mass is 291 g/mol. The summed E-state index contributed by atoms with van der Waals surface area (Å²) in [6.45, 7) is 6.39. The second-order valence-electron chi connectivity index (χ2n) is 6.92. The van der Waals surface area contributed by atoms with Crippen LogP contribution in [0.15, 0.2) is 10.5 Å². The van der Waals surface area contributed by atoms with E-state index < -0.39 is 0 Å². The summed E-state index contributed by atoms with van der Waals surface area (Å²) in [4.78, 5) is 4.88. The number of rotatable bonds is 6. The van der Waals surface area contributed by atoms with Crippen LogP contribution in [-0.2, 0) is 13.1 Å². The number of hydrogen-bond acceptors (Lipinski definition) is 4. The number of nitrogens with zero attached hydrogens (tertiary/aromatic N) is 2. The summed E-state index contributed by atoms with van der Waals surface area (Å²) in [6, 6.07) is 3.65. The summed E-state index contributed by atoms with van der Waals surface area (Å²) in [5, 5.41) is 3.54. The van der Waals surface area contributed by atoms with Crippen LogP contribution >= 0.6 is 0 Å². The van der Waals surface area contributed by atoms with Gasteiger partial charge in [0, 0.05) is 12.1 Å². The molecule has 3 rings (SSSR count). The van der Waals surface area contributed by atoms with Crippen LogP contribution in [0.3, 0.4) is 0 Å². The molecule has 2 heterocycles. The van der Waals surface area contributed by atoms with Gasteiger partial charge in [-0.3, -0.25) is 4.90 Å². The lowest BCUT2D eigenvalue weighted by atomic mass is 10.0. The summed E-state index contributed by atoms with van der Waals surface area (Å²) < 4.78 is 6.06. The Morgan fingerprint density at radius 1 is 1.29 bits per heavy atom. The molecule has 0 spiro atoms. The van der Waals surface area contributed by atoms with Crippen LogP contribution < -0.4 is 5.32 Å². The van der Waals surface area contributed by atoms with Gasteiger partial charge in [-0.2, -0.15) is 0 Å². The molecule has 2 aliphatic rings. The molecule has 1 aliphatic carbocycles. The molecule has 0 radical (unpaired) electrons. The number of nitrogens with one attached hydrogen (secondary N) is 1. The van der Waals surface area contributed by atoms with Gasteiger partial charge in [0.25, 0.3) is 0 Å². The predicted molar refractivity (Wildman–Crippen MR) is 85.3 cm³/mol. The fraction of sp³-hybridized carbons (Fsp3) is 0.765. The fourth-order valence-corrected chi connectivity index (χ4v) is 3.18. The van der Waals surface area contributed by atoms with Crippen molar-refractivity contribution in [3.8, 4) is 0 Å². The van der Waals surface area contributed by atoms with E-state index in [1.54, 1.807) is 0 Å². The zero-order valence-corrected chi connectivity index (χ0v) is 13.7. The molecular formula is C17H29N3O. The van der Waals surface area contributed by atoms with Gasteiger partial charge in [0.2, 0.25) is 0 Å². The first-order chi connectivity index (χ1) is 10.1. The molecule has 0 aromatic carbocycles. The van der Waals surface area contributed by atoms with Gasteiger partial charge in [0.05, 0.1) is 13.1 Å². The van der Waals surface area contributed by atoms with E-state index in [-0.39, 0.29) is 0 Å². The summed E-state index contributed by atoms with van der Waals surface area (Å²) in [5.41, 5.74) is 1.29. The SMILES string of the molecule is Cc1cc(CN(C)C2CCN(C)CC2)oc1CNC1CC1. The molecule has 1 saturated heterocycles. The topological polar surface area (TPSA) is 31.6 Å². The largest absolute Gasteiger partial charge is 0.463 e. The van der Waals surface area contributed by atoms with Gasteiger partial charge in [-0.1, -0.05) is 0 Å². The highest BCUT2D eigenvalue weighted by Crippen LogP contribution is 2.22. The zero-order valence-electron chi connectivity index (χ0n) is 13.7. The molecule has 1 aromatic heterocycles. The van der Waals surface area contributed by atoms with Gasteiger partial charge >= 0.3 is 0 Å². The molecular weight excluding hydrogens is 262 g/mol. The Morgan fingerprint density at radius 3 is 2.67 bits per heavy atom. The third-order valence-electron chi connectivity index (χ3n) is 4.92. The van der Waals surface area contributed by atoms with E-state index in [1.165, 1.54) is 44.3 Å². The first kappa shape index (κ1) is 15.1. The van der Waals surface area contributed by atoms with E-state index in [2.05, 4.69) is 42.2 Å². The van der Waals surface area contributed by atoms with Crippen molar-refractivity contribution >= 4 is 0 Å². The third-order valence-corrected chi connectivity index (χ3v) is 4.92. The van der Waals surface area contributed by atoms with Gasteiger partial charge in [-0.05, 0) is 71.4 Å². The highest BCUT2D eigenvalue weighted by molar-refractivity contribution is 5.20. The Hall–Kier alpha value is -0.840. The molecule has 0 amide bonds. The van der Waals surface area contributed by atoms with Crippen LogP contribution in [-0.4, -0.2) is 49.1 Å². The Labute approximate surface area is 128 Å². The summed E-state index contributed by atoms with van der Waals surface area (Å²) in [5.74, 6) is 2.23. The van der Waals surface area contributed by atoms with Gasteiger partial charge < -0.3 is 14.6 Å². The van der Waals surface area contributed by atoms with Crippen molar-refractivity contribution in [3.63, 3.8) is 0 Å². The van der Waals surface area contributed by atoms with Crippen LogP contribution in [0.1, 0.15) is 42.8 Å². The minimum Gasteiger partial charge on any atom is -0.463 e. The highest BCUT2D eigenvalue weighted by Gasteiger charge is 2.23. The maximum atomic E-state index is 6.06. The zero-order chi connectivity index (χ0) is 14.8. The number of furan rings is 1. The minimum atomic E-state index is 0.694. The smallest absolute Gasteiger partial charge is 0.120 e. The molecule has 2 fully saturated rings. The average molecular weight is 291 g/mol. The highest BCUT2D eigenvalue weighted by atomic mass is 16.3. The molecule has 1 saturated carbocycles. The van der Waals surface area contributed by atoms with Crippen LogP contribution in [0.4, 0.5) is 0 Å². The maximum Gasteiger partial charge on any atom is 0.120 e. The van der Waals surface area contributed by atoms with Crippen molar-refractivity contribution in [3.05, 3.63) is 23.2 Å². The standard InChI is InChI=1S/C17H29N3O/c1-13-10-16(21-17(13)11-18-14-4-5-14)12-20(3)15-6-8-19(2)9-7-15/h10,14-15,18H,4-9,11-12H2,1-3H3. The lowest BCUT2D eigenvalue weighted by Gasteiger charge is -2.34. The molecule has 4 heteroatoms. The van der Waals surface area contributed by atoms with Crippen molar-refractivity contribution < 1.29 is 4.42 Å². The maximum absolute atomic E-state index is 6.06. The van der Waals surface area contributed by atoms with E-state index in [0.29, 0.717) is 6.04 Å². The molecule has 0 atom stereocenters. The molecule has 0 bridgehead atoms. The fourth-order valence-electron chi connectivity index (χ4n) is 3.18. The second kappa shape index (κ2) is 6.51. The van der Waals surface area contributed by atoms with Crippen LogP contribution in [0.25, 0.3) is 0 Å². The van der Waals surface area contributed by atoms with E-state index in [1.807, 2.05) is 0 Å². The summed E-state index contributed by atoms with van der Waals surface area (Å²) >= 11 is 0. The van der Waals surface area contributed by atoms with Crippen molar-refractivity contribution in [2.75, 3.05) is 27.2 Å². The Kier molecular flexibility index (Phi) is 4.67. The van der Waals surface area contributed by atoms with E-state index >= 15 is 0 Å². The Morgan fingerprint density at radius 2 is 2.00 bits per heavy atom. The van der Waals surface area contributed by atoms with Crippen LogP contribution in [0.5, 0.6) is 0 Å². The lowest BCUT2D eigenvalue weighted by Crippen LogP contribution is -2.41. The molecule has 118 valence electrons. The lowest BCUT2D eigenvalue weighted by molar-refractivity contribution is 0.132. The molecule has 4 nitrogen and oxygen atoms in total. The van der Waals surface area contributed by atoms with Gasteiger partial charge in [0.15, 0.2) is 0 Å². The average Bonchev–Trinajstić information content (AvgIpc) is 3.22. The van der Waals surface area contributed by atoms with E-state index in [9.17, 15) is 0 Å².